The van der Waals surface area contributed by atoms with Gasteiger partial charge in [0.1, 0.15) is 5.82 Å². The van der Waals surface area contributed by atoms with Gasteiger partial charge in [-0.1, -0.05) is 18.2 Å². The lowest BCUT2D eigenvalue weighted by atomic mass is 9.95. The van der Waals surface area contributed by atoms with Gasteiger partial charge in [-0.05, 0) is 32.0 Å². The molecule has 1 aliphatic rings. The molecule has 1 saturated heterocycles. The van der Waals surface area contributed by atoms with Gasteiger partial charge in [-0.15, -0.1) is 0 Å². The van der Waals surface area contributed by atoms with Gasteiger partial charge in [0.05, 0.1) is 5.92 Å². The normalized spacial score (nSPS) is 20.1. The highest BCUT2D eigenvalue weighted by atomic mass is 19.4. The fourth-order valence-electron chi connectivity index (χ4n) is 2.60. The Bertz CT molecular complexity index is 439. The van der Waals surface area contributed by atoms with Crippen molar-refractivity contribution in [3.05, 3.63) is 35.6 Å². The SMILES string of the molecule is NC(CN1CCC(C(F)(F)F)CC1)c1ccccc1F. The lowest BCUT2D eigenvalue weighted by Crippen LogP contribution is -2.42. The molecule has 1 atom stereocenters. The summed E-state index contributed by atoms with van der Waals surface area (Å²) in [5, 5.41) is 0. The van der Waals surface area contributed by atoms with Crippen LogP contribution in [0.4, 0.5) is 17.6 Å². The Balaban J connectivity index is 1.88. The van der Waals surface area contributed by atoms with Gasteiger partial charge in [0.2, 0.25) is 0 Å². The van der Waals surface area contributed by atoms with Gasteiger partial charge in [-0.2, -0.15) is 13.2 Å². The molecule has 0 radical (unpaired) electrons. The minimum absolute atomic E-state index is 0.0908. The van der Waals surface area contributed by atoms with E-state index in [1.165, 1.54) is 6.07 Å². The maximum absolute atomic E-state index is 13.6. The molecule has 1 heterocycles. The van der Waals surface area contributed by atoms with Crippen molar-refractivity contribution in [1.29, 1.82) is 0 Å². The van der Waals surface area contributed by atoms with Crippen LogP contribution in [0.5, 0.6) is 0 Å². The molecule has 1 unspecified atom stereocenters. The topological polar surface area (TPSA) is 29.3 Å². The van der Waals surface area contributed by atoms with Crippen molar-refractivity contribution >= 4 is 0 Å². The van der Waals surface area contributed by atoms with Crippen LogP contribution in [0.1, 0.15) is 24.4 Å². The minimum atomic E-state index is -4.11. The third-order valence-corrected chi connectivity index (χ3v) is 3.81. The molecule has 0 spiro atoms. The Morgan fingerprint density at radius 3 is 2.35 bits per heavy atom. The molecule has 1 aromatic rings. The van der Waals surface area contributed by atoms with Gasteiger partial charge in [-0.25, -0.2) is 4.39 Å². The van der Waals surface area contributed by atoms with E-state index < -0.39 is 18.1 Å². The highest BCUT2D eigenvalue weighted by Gasteiger charge is 2.41. The van der Waals surface area contributed by atoms with Gasteiger partial charge in [0, 0.05) is 18.2 Å². The van der Waals surface area contributed by atoms with Crippen LogP contribution in [0.15, 0.2) is 24.3 Å². The molecular formula is C14H18F4N2. The molecule has 20 heavy (non-hydrogen) atoms. The van der Waals surface area contributed by atoms with E-state index >= 15 is 0 Å². The molecule has 2 nitrogen and oxygen atoms in total. The molecule has 0 bridgehead atoms. The Kier molecular flexibility index (Phi) is 4.65. The predicted molar refractivity (Wildman–Crippen MR) is 68.5 cm³/mol. The van der Waals surface area contributed by atoms with Crippen LogP contribution in [-0.2, 0) is 0 Å². The van der Waals surface area contributed by atoms with E-state index in [-0.39, 0.29) is 18.7 Å². The summed E-state index contributed by atoms with van der Waals surface area (Å²) in [6, 6.07) is 5.72. The monoisotopic (exact) mass is 290 g/mol. The molecule has 112 valence electrons. The van der Waals surface area contributed by atoms with E-state index in [0.717, 1.165) is 0 Å². The van der Waals surface area contributed by atoms with Crippen LogP contribution >= 0.6 is 0 Å². The molecule has 6 heteroatoms. The van der Waals surface area contributed by atoms with Gasteiger partial charge in [0.15, 0.2) is 0 Å². The first kappa shape index (κ1) is 15.3. The number of alkyl halides is 3. The summed E-state index contributed by atoms with van der Waals surface area (Å²) in [5.74, 6) is -1.59. The van der Waals surface area contributed by atoms with Crippen molar-refractivity contribution in [1.82, 2.24) is 4.90 Å². The predicted octanol–water partition coefficient (Wildman–Crippen LogP) is 3.10. The molecule has 2 N–H and O–H groups in total. The number of rotatable bonds is 3. The fourth-order valence-corrected chi connectivity index (χ4v) is 2.60. The lowest BCUT2D eigenvalue weighted by Gasteiger charge is -2.34. The second-order valence-corrected chi connectivity index (χ2v) is 5.24. The van der Waals surface area contributed by atoms with E-state index in [1.54, 1.807) is 18.2 Å². The molecular weight excluding hydrogens is 272 g/mol. The van der Waals surface area contributed by atoms with Crippen LogP contribution in [0, 0.1) is 11.7 Å². The molecule has 0 aliphatic carbocycles. The van der Waals surface area contributed by atoms with Crippen molar-refractivity contribution in [3.63, 3.8) is 0 Å². The Labute approximate surface area is 115 Å². The van der Waals surface area contributed by atoms with Gasteiger partial charge < -0.3 is 10.6 Å². The van der Waals surface area contributed by atoms with Gasteiger partial charge in [-0.3, -0.25) is 0 Å². The largest absolute Gasteiger partial charge is 0.391 e. The first-order chi connectivity index (χ1) is 9.38. The number of nitrogens with zero attached hydrogens (tertiary/aromatic N) is 1. The number of piperidine rings is 1. The Hall–Kier alpha value is -1.14. The molecule has 0 aromatic heterocycles. The van der Waals surface area contributed by atoms with Crippen molar-refractivity contribution in [2.45, 2.75) is 25.1 Å². The van der Waals surface area contributed by atoms with Crippen LogP contribution in [0.25, 0.3) is 0 Å². The van der Waals surface area contributed by atoms with Crippen molar-refractivity contribution in [3.8, 4) is 0 Å². The smallest absolute Gasteiger partial charge is 0.323 e. The average Bonchev–Trinajstić information content (AvgIpc) is 2.38. The van der Waals surface area contributed by atoms with E-state index in [2.05, 4.69) is 0 Å². The second kappa shape index (κ2) is 6.10. The Morgan fingerprint density at radius 2 is 1.80 bits per heavy atom. The third kappa shape index (κ3) is 3.70. The number of hydrogen-bond acceptors (Lipinski definition) is 2. The average molecular weight is 290 g/mol. The van der Waals surface area contributed by atoms with E-state index in [0.29, 0.717) is 25.2 Å². The molecule has 1 aromatic carbocycles. The summed E-state index contributed by atoms with van der Waals surface area (Å²) in [6.07, 6.45) is -3.93. The molecule has 0 saturated carbocycles. The molecule has 2 rings (SSSR count). The third-order valence-electron chi connectivity index (χ3n) is 3.81. The summed E-state index contributed by atoms with van der Waals surface area (Å²) in [6.45, 7) is 1.09. The highest BCUT2D eigenvalue weighted by Crippen LogP contribution is 2.34. The number of halogens is 4. The summed E-state index contributed by atoms with van der Waals surface area (Å²) < 4.78 is 51.2. The zero-order valence-electron chi connectivity index (χ0n) is 11.0. The second-order valence-electron chi connectivity index (χ2n) is 5.24. The lowest BCUT2D eigenvalue weighted by molar-refractivity contribution is -0.185. The summed E-state index contributed by atoms with van der Waals surface area (Å²) in [7, 11) is 0. The molecule has 1 fully saturated rings. The summed E-state index contributed by atoms with van der Waals surface area (Å²) >= 11 is 0. The van der Waals surface area contributed by atoms with Gasteiger partial charge >= 0.3 is 6.18 Å². The zero-order valence-corrected chi connectivity index (χ0v) is 11.0. The van der Waals surface area contributed by atoms with Crippen LogP contribution in [0.3, 0.4) is 0 Å². The fraction of sp³-hybridized carbons (Fsp3) is 0.571. The first-order valence-electron chi connectivity index (χ1n) is 6.67. The van der Waals surface area contributed by atoms with Crippen LogP contribution < -0.4 is 5.73 Å². The first-order valence-corrected chi connectivity index (χ1v) is 6.67. The van der Waals surface area contributed by atoms with E-state index in [1.807, 2.05) is 4.90 Å². The summed E-state index contributed by atoms with van der Waals surface area (Å²) in [5.41, 5.74) is 6.35. The number of benzene rings is 1. The van der Waals surface area contributed by atoms with Crippen molar-refractivity contribution < 1.29 is 17.6 Å². The number of likely N-dealkylation sites (tertiary alicyclic amines) is 1. The minimum Gasteiger partial charge on any atom is -0.323 e. The maximum atomic E-state index is 13.6. The highest BCUT2D eigenvalue weighted by molar-refractivity contribution is 5.21. The summed E-state index contributed by atoms with van der Waals surface area (Å²) in [4.78, 5) is 1.87. The number of hydrogen-bond donors (Lipinski definition) is 1. The van der Waals surface area contributed by atoms with E-state index in [4.69, 9.17) is 5.73 Å². The molecule has 1 aliphatic heterocycles. The van der Waals surface area contributed by atoms with Crippen molar-refractivity contribution in [2.75, 3.05) is 19.6 Å². The zero-order chi connectivity index (χ0) is 14.8. The van der Waals surface area contributed by atoms with Gasteiger partial charge in [0.25, 0.3) is 0 Å². The number of nitrogens with two attached hydrogens (primary N) is 1. The Morgan fingerprint density at radius 1 is 1.20 bits per heavy atom. The maximum Gasteiger partial charge on any atom is 0.391 e. The van der Waals surface area contributed by atoms with Crippen LogP contribution in [-0.4, -0.2) is 30.7 Å². The van der Waals surface area contributed by atoms with E-state index in [9.17, 15) is 17.6 Å². The molecule has 0 amide bonds. The quantitative estimate of drug-likeness (QED) is 0.867. The van der Waals surface area contributed by atoms with Crippen LogP contribution in [0.2, 0.25) is 0 Å². The van der Waals surface area contributed by atoms with Crippen molar-refractivity contribution in [2.24, 2.45) is 11.7 Å². The standard InChI is InChI=1S/C14H18F4N2/c15-12-4-2-1-3-11(12)13(19)9-20-7-5-10(6-8-20)14(16,17)18/h1-4,10,13H,5-9,19H2.